The number of aromatic nitrogens is 1. The molecule has 29 heavy (non-hydrogen) atoms. The van der Waals surface area contributed by atoms with Crippen molar-refractivity contribution in [3.05, 3.63) is 58.0 Å². The first kappa shape index (κ1) is 20.1. The minimum atomic E-state index is -1.27. The Hall–Kier alpha value is -2.22. The van der Waals surface area contributed by atoms with Gasteiger partial charge in [0.1, 0.15) is 22.3 Å². The molecule has 3 heterocycles. The van der Waals surface area contributed by atoms with Gasteiger partial charge in [0.2, 0.25) is 11.8 Å². The van der Waals surface area contributed by atoms with E-state index in [2.05, 4.69) is 20.9 Å². The molecule has 3 N–H and O–H groups in total. The van der Waals surface area contributed by atoms with Crippen molar-refractivity contribution in [1.29, 1.82) is 0 Å². The summed E-state index contributed by atoms with van der Waals surface area (Å²) in [6, 6.07) is 9.22. The van der Waals surface area contributed by atoms with Gasteiger partial charge in [-0.3, -0.25) is 14.9 Å². The van der Waals surface area contributed by atoms with E-state index in [9.17, 15) is 14.0 Å². The van der Waals surface area contributed by atoms with Gasteiger partial charge in [0.15, 0.2) is 0 Å². The average molecular weight is 437 g/mol. The van der Waals surface area contributed by atoms with Crippen molar-refractivity contribution in [3.63, 3.8) is 0 Å². The summed E-state index contributed by atoms with van der Waals surface area (Å²) < 4.78 is 15.0. The number of hydrogen-bond acceptors (Lipinski definition) is 4. The van der Waals surface area contributed by atoms with E-state index in [0.29, 0.717) is 13.0 Å². The van der Waals surface area contributed by atoms with Crippen LogP contribution < -0.4 is 16.0 Å². The van der Waals surface area contributed by atoms with Crippen LogP contribution in [0, 0.1) is 11.7 Å². The molecule has 0 saturated carbocycles. The number of hydrogen-bond donors (Lipinski definition) is 3. The van der Waals surface area contributed by atoms with Gasteiger partial charge in [0.25, 0.3) is 0 Å². The first-order chi connectivity index (χ1) is 13.8. The third kappa shape index (κ3) is 3.47. The summed E-state index contributed by atoms with van der Waals surface area (Å²) in [5, 5.41) is 9.03. The van der Waals surface area contributed by atoms with E-state index in [1.165, 1.54) is 6.07 Å². The quantitative estimate of drug-likeness (QED) is 0.645. The lowest BCUT2D eigenvalue weighted by atomic mass is 9.73. The number of benzene rings is 1. The van der Waals surface area contributed by atoms with Crippen LogP contribution >= 0.6 is 23.2 Å². The minimum Gasteiger partial charge on any atom is -0.356 e. The number of nitrogens with zero attached hydrogens (tertiary/aromatic N) is 1. The molecule has 2 aromatic rings. The van der Waals surface area contributed by atoms with Crippen LogP contribution in [0.3, 0.4) is 0 Å². The Morgan fingerprint density at radius 2 is 2.03 bits per heavy atom. The number of anilines is 1. The molecular weight excluding hydrogens is 418 g/mol. The zero-order valence-corrected chi connectivity index (χ0v) is 17.0. The van der Waals surface area contributed by atoms with Gasteiger partial charge in [-0.1, -0.05) is 41.4 Å². The topological polar surface area (TPSA) is 83.1 Å². The number of nitrogens with one attached hydrogen (secondary N) is 3. The van der Waals surface area contributed by atoms with Crippen molar-refractivity contribution in [2.45, 2.75) is 30.8 Å². The molecule has 1 aromatic heterocycles. The van der Waals surface area contributed by atoms with Gasteiger partial charge in [0, 0.05) is 18.5 Å². The van der Waals surface area contributed by atoms with E-state index in [4.69, 9.17) is 23.2 Å². The summed E-state index contributed by atoms with van der Waals surface area (Å²) in [6.07, 6.45) is 0.632. The Labute approximate surface area is 177 Å². The predicted molar refractivity (Wildman–Crippen MR) is 108 cm³/mol. The summed E-state index contributed by atoms with van der Waals surface area (Å²) in [7, 11) is 0. The molecule has 0 spiro atoms. The Morgan fingerprint density at radius 3 is 2.79 bits per heavy atom. The third-order valence-corrected chi connectivity index (χ3v) is 6.20. The van der Waals surface area contributed by atoms with E-state index in [0.717, 1.165) is 0 Å². The summed E-state index contributed by atoms with van der Waals surface area (Å²) in [5.41, 5.74) is -1.04. The SMILES string of the molecule is C[C@@]1(C(=O)Nc2cccc(Cl)n2)N[C@H]2CCNC(=O)[C@H]2[C@@H]1c1cccc(Cl)c1F. The van der Waals surface area contributed by atoms with Gasteiger partial charge in [-0.2, -0.15) is 0 Å². The van der Waals surface area contributed by atoms with Crippen LogP contribution in [0.1, 0.15) is 24.8 Å². The molecule has 9 heteroatoms. The molecule has 0 aliphatic carbocycles. The Morgan fingerprint density at radius 1 is 1.28 bits per heavy atom. The Balaban J connectivity index is 1.77. The lowest BCUT2D eigenvalue weighted by molar-refractivity contribution is -0.127. The molecule has 2 fully saturated rings. The minimum absolute atomic E-state index is 0.0542. The fraction of sp³-hybridized carbons (Fsp3) is 0.350. The maximum absolute atomic E-state index is 15.0. The van der Waals surface area contributed by atoms with Crippen LogP contribution in [0.5, 0.6) is 0 Å². The fourth-order valence-electron chi connectivity index (χ4n) is 4.41. The molecule has 1 aromatic carbocycles. The molecule has 4 atom stereocenters. The van der Waals surface area contributed by atoms with Gasteiger partial charge in [-0.25, -0.2) is 9.37 Å². The maximum Gasteiger partial charge on any atom is 0.246 e. The summed E-state index contributed by atoms with van der Waals surface area (Å²) in [6.45, 7) is 2.16. The highest BCUT2D eigenvalue weighted by molar-refractivity contribution is 6.30. The average Bonchev–Trinajstić information content (AvgIpc) is 2.99. The molecule has 6 nitrogen and oxygen atoms in total. The summed E-state index contributed by atoms with van der Waals surface area (Å²) >= 11 is 11.9. The highest BCUT2D eigenvalue weighted by Gasteiger charge is 2.59. The second kappa shape index (κ2) is 7.55. The number of halogens is 3. The largest absolute Gasteiger partial charge is 0.356 e. The zero-order chi connectivity index (χ0) is 20.8. The van der Waals surface area contributed by atoms with Gasteiger partial charge >= 0.3 is 0 Å². The molecular formula is C20H19Cl2FN4O2. The Bertz CT molecular complexity index is 989. The van der Waals surface area contributed by atoms with Crippen LogP contribution in [0.15, 0.2) is 36.4 Å². The van der Waals surface area contributed by atoms with Crippen LogP contribution in [-0.2, 0) is 9.59 Å². The third-order valence-electron chi connectivity index (χ3n) is 5.70. The molecule has 152 valence electrons. The number of piperidine rings is 1. The van der Waals surface area contributed by atoms with Crippen molar-refractivity contribution in [1.82, 2.24) is 15.6 Å². The van der Waals surface area contributed by atoms with Gasteiger partial charge in [0.05, 0.1) is 10.9 Å². The Kier molecular flexibility index (Phi) is 5.23. The van der Waals surface area contributed by atoms with E-state index < -0.39 is 29.1 Å². The first-order valence-electron chi connectivity index (χ1n) is 9.24. The van der Waals surface area contributed by atoms with E-state index in [1.807, 2.05) is 0 Å². The number of fused-ring (bicyclic) bond motifs is 1. The first-order valence-corrected chi connectivity index (χ1v) is 10.00. The van der Waals surface area contributed by atoms with Gasteiger partial charge in [-0.05, 0) is 37.1 Å². The maximum atomic E-state index is 15.0. The molecule has 0 bridgehead atoms. The molecule has 2 amide bonds. The van der Waals surface area contributed by atoms with Crippen LogP contribution in [-0.4, -0.2) is 34.9 Å². The summed E-state index contributed by atoms with van der Waals surface area (Å²) in [4.78, 5) is 30.1. The molecule has 4 rings (SSSR count). The molecule has 2 aliphatic heterocycles. The predicted octanol–water partition coefficient (Wildman–Crippen LogP) is 3.12. The molecule has 2 aliphatic rings. The monoisotopic (exact) mass is 436 g/mol. The van der Waals surface area contributed by atoms with Crippen molar-refractivity contribution >= 4 is 40.8 Å². The lowest BCUT2D eigenvalue weighted by Crippen LogP contribution is -2.53. The van der Waals surface area contributed by atoms with E-state index >= 15 is 0 Å². The second-order valence-corrected chi connectivity index (χ2v) is 8.27. The number of carbonyl (C=O) groups excluding carboxylic acids is 2. The number of rotatable bonds is 3. The highest BCUT2D eigenvalue weighted by atomic mass is 35.5. The van der Waals surface area contributed by atoms with Crippen molar-refractivity contribution < 1.29 is 14.0 Å². The lowest BCUT2D eigenvalue weighted by Gasteiger charge is -2.33. The zero-order valence-electron chi connectivity index (χ0n) is 15.5. The molecule has 0 radical (unpaired) electrons. The normalized spacial score (nSPS) is 28.6. The smallest absolute Gasteiger partial charge is 0.246 e. The summed E-state index contributed by atoms with van der Waals surface area (Å²) in [5.74, 6) is -2.37. The van der Waals surface area contributed by atoms with Gasteiger partial charge < -0.3 is 10.6 Å². The number of amides is 2. The fourth-order valence-corrected chi connectivity index (χ4v) is 4.75. The van der Waals surface area contributed by atoms with Crippen LogP contribution in [0.4, 0.5) is 10.2 Å². The molecule has 0 unspecified atom stereocenters. The van der Waals surface area contributed by atoms with Crippen molar-refractivity contribution in [2.75, 3.05) is 11.9 Å². The molecule has 2 saturated heterocycles. The number of carbonyl (C=O) groups is 2. The standard InChI is InChI=1S/C20H19Cl2FN4O2/c1-20(19(29)26-14-7-3-6-13(22)25-14)16(10-4-2-5-11(21)17(10)23)15-12(27-20)8-9-24-18(15)28/h2-7,12,15-16,27H,8-9H2,1H3,(H,24,28)(H,25,26,29)/t12-,15+,16-,20+/m0/s1. The van der Waals surface area contributed by atoms with Crippen LogP contribution in [0.25, 0.3) is 0 Å². The van der Waals surface area contributed by atoms with Crippen molar-refractivity contribution in [3.8, 4) is 0 Å². The number of pyridine rings is 1. The highest BCUT2D eigenvalue weighted by Crippen LogP contribution is 2.47. The van der Waals surface area contributed by atoms with Crippen LogP contribution in [0.2, 0.25) is 10.2 Å². The van der Waals surface area contributed by atoms with Crippen molar-refractivity contribution in [2.24, 2.45) is 5.92 Å². The van der Waals surface area contributed by atoms with Gasteiger partial charge in [-0.15, -0.1) is 0 Å². The van der Waals surface area contributed by atoms with E-state index in [-0.39, 0.29) is 33.5 Å². The second-order valence-electron chi connectivity index (χ2n) is 7.48. The van der Waals surface area contributed by atoms with E-state index in [1.54, 1.807) is 37.3 Å².